The third kappa shape index (κ3) is 3.42. The molecular weight excluding hydrogens is 295 g/mol. The Morgan fingerprint density at radius 1 is 1.43 bits per heavy atom. The number of benzene rings is 1. The fraction of sp³-hybridized carbons (Fsp3) is 0.412. The number of nitrogens with zero attached hydrogens (tertiary/aromatic N) is 2. The van der Waals surface area contributed by atoms with E-state index in [0.717, 1.165) is 30.8 Å². The SMILES string of the molecule is Cc1cc(C)n(-c2ccc(C(=O)NCC3CCCN3)cc2F)n1. The minimum atomic E-state index is -0.456. The van der Waals surface area contributed by atoms with Gasteiger partial charge in [-0.2, -0.15) is 5.10 Å². The van der Waals surface area contributed by atoms with E-state index in [4.69, 9.17) is 0 Å². The van der Waals surface area contributed by atoms with Crippen molar-refractivity contribution in [2.45, 2.75) is 32.7 Å². The van der Waals surface area contributed by atoms with Crippen molar-refractivity contribution in [3.63, 3.8) is 0 Å². The van der Waals surface area contributed by atoms with Crippen molar-refractivity contribution in [2.75, 3.05) is 13.1 Å². The van der Waals surface area contributed by atoms with Crippen molar-refractivity contribution in [1.29, 1.82) is 0 Å². The number of carbonyl (C=O) groups excluding carboxylic acids is 1. The Balaban J connectivity index is 1.73. The molecule has 5 nitrogen and oxygen atoms in total. The first-order valence-corrected chi connectivity index (χ1v) is 7.89. The van der Waals surface area contributed by atoms with Crippen LogP contribution < -0.4 is 10.6 Å². The average molecular weight is 316 g/mol. The van der Waals surface area contributed by atoms with E-state index in [9.17, 15) is 9.18 Å². The van der Waals surface area contributed by atoms with E-state index in [0.29, 0.717) is 23.8 Å². The van der Waals surface area contributed by atoms with Crippen LogP contribution >= 0.6 is 0 Å². The number of hydrogen-bond acceptors (Lipinski definition) is 3. The van der Waals surface area contributed by atoms with Gasteiger partial charge >= 0.3 is 0 Å². The number of nitrogens with one attached hydrogen (secondary N) is 2. The molecule has 1 saturated heterocycles. The fourth-order valence-corrected chi connectivity index (χ4v) is 2.94. The summed E-state index contributed by atoms with van der Waals surface area (Å²) in [5, 5.41) is 10.4. The fourth-order valence-electron chi connectivity index (χ4n) is 2.94. The monoisotopic (exact) mass is 316 g/mol. The van der Waals surface area contributed by atoms with Crippen molar-refractivity contribution in [2.24, 2.45) is 0 Å². The van der Waals surface area contributed by atoms with Gasteiger partial charge in [0.15, 0.2) is 0 Å². The third-order valence-electron chi connectivity index (χ3n) is 4.12. The quantitative estimate of drug-likeness (QED) is 0.908. The highest BCUT2D eigenvalue weighted by atomic mass is 19.1. The lowest BCUT2D eigenvalue weighted by Crippen LogP contribution is -2.37. The summed E-state index contributed by atoms with van der Waals surface area (Å²) in [7, 11) is 0. The lowest BCUT2D eigenvalue weighted by molar-refractivity contribution is 0.0950. The Hall–Kier alpha value is -2.21. The Morgan fingerprint density at radius 2 is 2.26 bits per heavy atom. The van der Waals surface area contributed by atoms with E-state index in [1.807, 2.05) is 19.9 Å². The van der Waals surface area contributed by atoms with Crippen LogP contribution in [0.2, 0.25) is 0 Å². The molecular formula is C17H21FN4O. The summed E-state index contributed by atoms with van der Waals surface area (Å²) in [4.78, 5) is 12.1. The van der Waals surface area contributed by atoms with Gasteiger partial charge in [0.1, 0.15) is 11.5 Å². The highest BCUT2D eigenvalue weighted by molar-refractivity contribution is 5.94. The number of carbonyl (C=O) groups is 1. The van der Waals surface area contributed by atoms with E-state index in [-0.39, 0.29) is 5.91 Å². The van der Waals surface area contributed by atoms with Crippen molar-refractivity contribution in [3.05, 3.63) is 47.0 Å². The Kier molecular flexibility index (Phi) is 4.43. The highest BCUT2D eigenvalue weighted by Gasteiger charge is 2.17. The summed E-state index contributed by atoms with van der Waals surface area (Å²) in [6.45, 7) is 5.29. The maximum atomic E-state index is 14.4. The molecule has 1 aliphatic rings. The van der Waals surface area contributed by atoms with Crippen LogP contribution in [0.4, 0.5) is 4.39 Å². The molecule has 2 aromatic rings. The minimum absolute atomic E-state index is 0.252. The van der Waals surface area contributed by atoms with Crippen molar-refractivity contribution in [3.8, 4) is 5.69 Å². The van der Waals surface area contributed by atoms with Gasteiger partial charge in [-0.05, 0) is 57.5 Å². The summed E-state index contributed by atoms with van der Waals surface area (Å²) >= 11 is 0. The molecule has 0 saturated carbocycles. The van der Waals surface area contributed by atoms with Gasteiger partial charge in [-0.1, -0.05) is 0 Å². The summed E-state index contributed by atoms with van der Waals surface area (Å²) in [5.74, 6) is -0.708. The van der Waals surface area contributed by atoms with Gasteiger partial charge in [-0.15, -0.1) is 0 Å². The first kappa shape index (κ1) is 15.7. The lowest BCUT2D eigenvalue weighted by Gasteiger charge is -2.12. The summed E-state index contributed by atoms with van der Waals surface area (Å²) < 4.78 is 15.9. The van der Waals surface area contributed by atoms with Crippen molar-refractivity contribution >= 4 is 5.91 Å². The molecule has 3 rings (SSSR count). The molecule has 0 bridgehead atoms. The van der Waals surface area contributed by atoms with Gasteiger partial charge in [0, 0.05) is 23.8 Å². The molecule has 1 aromatic heterocycles. The second kappa shape index (κ2) is 6.50. The van der Waals surface area contributed by atoms with Crippen LogP contribution in [0.1, 0.15) is 34.6 Å². The Bertz CT molecular complexity index is 719. The number of rotatable bonds is 4. The molecule has 1 unspecified atom stereocenters. The number of aryl methyl sites for hydroxylation is 2. The minimum Gasteiger partial charge on any atom is -0.350 e. The van der Waals surface area contributed by atoms with Gasteiger partial charge in [0.2, 0.25) is 0 Å². The zero-order valence-corrected chi connectivity index (χ0v) is 13.4. The molecule has 1 amide bonds. The second-order valence-corrected chi connectivity index (χ2v) is 6.01. The second-order valence-electron chi connectivity index (χ2n) is 6.01. The molecule has 6 heteroatoms. The van der Waals surface area contributed by atoms with Crippen molar-refractivity contribution < 1.29 is 9.18 Å². The van der Waals surface area contributed by atoms with E-state index in [1.165, 1.54) is 6.07 Å². The zero-order chi connectivity index (χ0) is 16.4. The summed E-state index contributed by atoms with van der Waals surface area (Å²) in [6.07, 6.45) is 2.19. The summed E-state index contributed by atoms with van der Waals surface area (Å²) in [6, 6.07) is 6.69. The average Bonchev–Trinajstić information content (AvgIpc) is 3.14. The van der Waals surface area contributed by atoms with E-state index in [1.54, 1.807) is 16.8 Å². The van der Waals surface area contributed by atoms with Crippen LogP contribution in [0.25, 0.3) is 5.69 Å². The normalized spacial score (nSPS) is 17.4. The molecule has 1 aliphatic heterocycles. The molecule has 23 heavy (non-hydrogen) atoms. The first-order valence-electron chi connectivity index (χ1n) is 7.89. The molecule has 1 fully saturated rings. The van der Waals surface area contributed by atoms with Gasteiger partial charge in [-0.25, -0.2) is 9.07 Å². The molecule has 1 aromatic carbocycles. The smallest absolute Gasteiger partial charge is 0.251 e. The van der Waals surface area contributed by atoms with Gasteiger partial charge < -0.3 is 10.6 Å². The van der Waals surface area contributed by atoms with Crippen LogP contribution in [-0.2, 0) is 0 Å². The van der Waals surface area contributed by atoms with Crippen LogP contribution in [0.5, 0.6) is 0 Å². The Labute approximate surface area is 134 Å². The highest BCUT2D eigenvalue weighted by Crippen LogP contribution is 2.17. The number of amides is 1. The van der Waals surface area contributed by atoms with E-state index >= 15 is 0 Å². The predicted octanol–water partition coefficient (Wildman–Crippen LogP) is 2.11. The zero-order valence-electron chi connectivity index (χ0n) is 13.4. The van der Waals surface area contributed by atoms with Crippen LogP contribution in [-0.4, -0.2) is 34.8 Å². The maximum Gasteiger partial charge on any atom is 0.251 e. The molecule has 1 atom stereocenters. The third-order valence-corrected chi connectivity index (χ3v) is 4.12. The predicted molar refractivity (Wildman–Crippen MR) is 86.4 cm³/mol. The molecule has 0 aliphatic carbocycles. The standard InChI is InChI=1S/C17H21FN4O/c1-11-8-12(2)22(21-11)16-6-5-13(9-15(16)18)17(23)20-10-14-4-3-7-19-14/h5-6,8-9,14,19H,3-4,7,10H2,1-2H3,(H,20,23). The van der Waals surface area contributed by atoms with Gasteiger partial charge in [-0.3, -0.25) is 4.79 Å². The van der Waals surface area contributed by atoms with Crippen LogP contribution in [0.15, 0.2) is 24.3 Å². The molecule has 0 spiro atoms. The first-order chi connectivity index (χ1) is 11.0. The topological polar surface area (TPSA) is 59.0 Å². The van der Waals surface area contributed by atoms with Gasteiger partial charge in [0.25, 0.3) is 5.91 Å². The van der Waals surface area contributed by atoms with Gasteiger partial charge in [0.05, 0.1) is 5.69 Å². The lowest BCUT2D eigenvalue weighted by atomic mass is 10.1. The summed E-state index contributed by atoms with van der Waals surface area (Å²) in [5.41, 5.74) is 2.36. The molecule has 2 heterocycles. The van der Waals surface area contributed by atoms with Crippen LogP contribution in [0, 0.1) is 19.7 Å². The number of aromatic nitrogens is 2. The number of hydrogen-bond donors (Lipinski definition) is 2. The van der Waals surface area contributed by atoms with Crippen LogP contribution in [0.3, 0.4) is 0 Å². The number of halogens is 1. The Morgan fingerprint density at radius 3 is 2.87 bits per heavy atom. The van der Waals surface area contributed by atoms with E-state index in [2.05, 4.69) is 15.7 Å². The largest absolute Gasteiger partial charge is 0.350 e. The molecule has 122 valence electrons. The molecule has 2 N–H and O–H groups in total. The molecule has 0 radical (unpaired) electrons. The van der Waals surface area contributed by atoms with E-state index < -0.39 is 5.82 Å². The maximum absolute atomic E-state index is 14.4. The van der Waals surface area contributed by atoms with Crippen molar-refractivity contribution in [1.82, 2.24) is 20.4 Å².